The highest BCUT2D eigenvalue weighted by Crippen LogP contribution is 2.31. The molecule has 0 spiro atoms. The third kappa shape index (κ3) is 6.72. The normalized spacial score (nSPS) is 14.0. The molecule has 50 heavy (non-hydrogen) atoms. The zero-order valence-electron chi connectivity index (χ0n) is 28.2. The topological polar surface area (TPSA) is 152 Å². The molecule has 0 bridgehead atoms. The molecule has 2 N–H and O–H groups in total. The van der Waals surface area contributed by atoms with Gasteiger partial charge in [0.05, 0.1) is 20.3 Å². The Morgan fingerprint density at radius 3 is 2.02 bits per heavy atom. The number of methoxy groups -OCH3 is 2. The summed E-state index contributed by atoms with van der Waals surface area (Å²) in [4.78, 5) is 60.8. The number of piperazine rings is 1. The van der Waals surface area contributed by atoms with Gasteiger partial charge in [-0.3, -0.25) is 14.5 Å². The molecular weight excluding hydrogens is 638 g/mol. The fourth-order valence-electron chi connectivity index (χ4n) is 6.55. The minimum atomic E-state index is -0.896. The second-order valence-corrected chi connectivity index (χ2v) is 12.0. The van der Waals surface area contributed by atoms with Crippen LogP contribution in [0.5, 0.6) is 0 Å². The summed E-state index contributed by atoms with van der Waals surface area (Å²) in [5, 5.41) is 11.4. The van der Waals surface area contributed by atoms with Crippen LogP contribution in [0.4, 0.5) is 0 Å². The fraction of sp³-hybridized carbons (Fsp3) is 0.297. The fourth-order valence-corrected chi connectivity index (χ4v) is 6.55. The number of rotatable bonds is 11. The van der Waals surface area contributed by atoms with Crippen molar-refractivity contribution >= 4 is 34.7 Å². The maximum atomic E-state index is 14.1. The van der Waals surface area contributed by atoms with Gasteiger partial charge in [0.25, 0.3) is 5.91 Å². The minimum Gasteiger partial charge on any atom is -0.464 e. The van der Waals surface area contributed by atoms with Crippen molar-refractivity contribution in [1.29, 1.82) is 0 Å². The molecule has 0 saturated carbocycles. The molecule has 1 aliphatic rings. The van der Waals surface area contributed by atoms with E-state index in [1.807, 2.05) is 48.2 Å². The number of fused-ring (bicyclic) bond motifs is 1. The highest BCUT2D eigenvalue weighted by Gasteiger charge is 2.34. The van der Waals surface area contributed by atoms with E-state index in [9.17, 15) is 19.2 Å². The van der Waals surface area contributed by atoms with Gasteiger partial charge in [-0.15, -0.1) is 5.10 Å². The Hall–Kier alpha value is -5.82. The third-order valence-corrected chi connectivity index (χ3v) is 8.95. The molecule has 5 aromatic rings. The van der Waals surface area contributed by atoms with Crippen molar-refractivity contribution in [2.75, 3.05) is 40.4 Å². The quantitative estimate of drug-likeness (QED) is 0.197. The van der Waals surface area contributed by atoms with Crippen LogP contribution in [0.25, 0.3) is 16.6 Å². The lowest BCUT2D eigenvalue weighted by molar-refractivity contribution is -0.135. The molecule has 0 unspecified atom stereocenters. The van der Waals surface area contributed by atoms with Crippen molar-refractivity contribution in [2.24, 2.45) is 0 Å². The maximum absolute atomic E-state index is 14.1. The molecule has 1 saturated heterocycles. The van der Waals surface area contributed by atoms with Gasteiger partial charge in [0.15, 0.2) is 5.69 Å². The van der Waals surface area contributed by atoms with Crippen LogP contribution >= 0.6 is 0 Å². The number of carbonyl (C=O) groups excluding carboxylic acids is 4. The molecule has 3 heterocycles. The Morgan fingerprint density at radius 2 is 1.42 bits per heavy atom. The maximum Gasteiger partial charge on any atom is 0.361 e. The second kappa shape index (κ2) is 15.2. The number of para-hydroxylation sites is 1. The molecular formula is C37H39N7O6. The molecule has 2 aromatic heterocycles. The molecule has 1 fully saturated rings. The smallest absolute Gasteiger partial charge is 0.361 e. The largest absolute Gasteiger partial charge is 0.464 e. The van der Waals surface area contributed by atoms with Gasteiger partial charge >= 0.3 is 11.9 Å². The summed E-state index contributed by atoms with van der Waals surface area (Å²) in [5.41, 5.74) is 2.47. The number of carbonyl (C=O) groups is 4. The average Bonchev–Trinajstić information content (AvgIpc) is 3.77. The van der Waals surface area contributed by atoms with Crippen LogP contribution in [-0.2, 0) is 14.3 Å². The van der Waals surface area contributed by atoms with Gasteiger partial charge < -0.3 is 24.7 Å². The average molecular weight is 678 g/mol. The number of ether oxygens (including phenoxy) is 2. The first-order chi connectivity index (χ1) is 24.4. The second-order valence-electron chi connectivity index (χ2n) is 12.0. The zero-order chi connectivity index (χ0) is 35.2. The summed E-state index contributed by atoms with van der Waals surface area (Å²) < 4.78 is 10.8. The summed E-state index contributed by atoms with van der Waals surface area (Å²) in [7, 11) is 2.32. The van der Waals surface area contributed by atoms with Crippen LogP contribution in [0.1, 0.15) is 68.4 Å². The zero-order valence-corrected chi connectivity index (χ0v) is 28.2. The van der Waals surface area contributed by atoms with Crippen molar-refractivity contribution in [1.82, 2.24) is 35.1 Å². The van der Waals surface area contributed by atoms with Gasteiger partial charge in [-0.1, -0.05) is 97.4 Å². The van der Waals surface area contributed by atoms with Crippen molar-refractivity contribution in [2.45, 2.75) is 31.8 Å². The molecule has 0 aliphatic carbocycles. The number of esters is 2. The van der Waals surface area contributed by atoms with E-state index in [1.54, 1.807) is 24.3 Å². The first-order valence-corrected chi connectivity index (χ1v) is 16.5. The summed E-state index contributed by atoms with van der Waals surface area (Å²) in [6.45, 7) is 4.27. The molecule has 0 radical (unpaired) electrons. The number of aromatic amines is 1. The number of H-pyrrole nitrogens is 1. The molecule has 258 valence electrons. The SMILES string of the molecule is CCC[C@H](NC(=O)c1[nH]c2ccccc2c1-n1nnc(C(=O)OC)c1C(=O)OC)C(=O)N1CCN(C(c2ccccc2)c2ccccc2)CC1. The van der Waals surface area contributed by atoms with E-state index < -0.39 is 23.9 Å². The van der Waals surface area contributed by atoms with E-state index in [2.05, 4.69) is 49.8 Å². The Morgan fingerprint density at radius 1 is 0.820 bits per heavy atom. The Labute approximate surface area is 289 Å². The number of hydrogen-bond donors (Lipinski definition) is 2. The first kappa shape index (κ1) is 34.1. The van der Waals surface area contributed by atoms with Crippen LogP contribution in [0, 0.1) is 0 Å². The summed E-state index contributed by atoms with van der Waals surface area (Å²) in [6, 6.07) is 27.0. The number of nitrogens with zero attached hydrogens (tertiary/aromatic N) is 5. The lowest BCUT2D eigenvalue weighted by Gasteiger charge is -2.40. The lowest BCUT2D eigenvalue weighted by atomic mass is 9.96. The number of benzene rings is 3. The predicted molar refractivity (Wildman–Crippen MR) is 185 cm³/mol. The number of hydrogen-bond acceptors (Lipinski definition) is 9. The first-order valence-electron chi connectivity index (χ1n) is 16.5. The lowest BCUT2D eigenvalue weighted by Crippen LogP contribution is -2.55. The van der Waals surface area contributed by atoms with Crippen LogP contribution in [0.15, 0.2) is 84.9 Å². The molecule has 13 heteroatoms. The van der Waals surface area contributed by atoms with Crippen LogP contribution in [-0.4, -0.2) is 100.0 Å². The van der Waals surface area contributed by atoms with Crippen LogP contribution in [0.3, 0.4) is 0 Å². The van der Waals surface area contributed by atoms with Gasteiger partial charge in [0.1, 0.15) is 17.4 Å². The van der Waals surface area contributed by atoms with E-state index in [4.69, 9.17) is 9.47 Å². The summed E-state index contributed by atoms with van der Waals surface area (Å²) in [5.74, 6) is -2.54. The van der Waals surface area contributed by atoms with Gasteiger partial charge in [-0.25, -0.2) is 14.3 Å². The van der Waals surface area contributed by atoms with Gasteiger partial charge in [-0.05, 0) is 23.6 Å². The van der Waals surface area contributed by atoms with E-state index in [0.717, 1.165) is 18.9 Å². The monoisotopic (exact) mass is 677 g/mol. The van der Waals surface area contributed by atoms with Gasteiger partial charge in [0, 0.05) is 37.1 Å². The van der Waals surface area contributed by atoms with E-state index >= 15 is 0 Å². The van der Waals surface area contributed by atoms with Crippen molar-refractivity contribution < 1.29 is 28.7 Å². The summed E-state index contributed by atoms with van der Waals surface area (Å²) >= 11 is 0. The van der Waals surface area contributed by atoms with Crippen LogP contribution < -0.4 is 5.32 Å². The van der Waals surface area contributed by atoms with Crippen LogP contribution in [0.2, 0.25) is 0 Å². The Bertz CT molecular complexity index is 1940. The standard InChI is InChI=1S/C37H39N7O6/c1-4-13-28(35(46)43-22-20-42(21-23-43)31(24-14-7-5-8-15-24)25-16-9-6-10-17-25)39-34(45)29-32(26-18-11-12-19-27(26)38-29)44-33(37(48)50-3)30(40-41-44)36(47)49-2/h5-12,14-19,28,31,38H,4,13,20-23H2,1-3H3,(H,39,45)/t28-/m0/s1. The summed E-state index contributed by atoms with van der Waals surface area (Å²) in [6.07, 6.45) is 1.07. The number of aromatic nitrogens is 4. The third-order valence-electron chi connectivity index (χ3n) is 8.95. The Kier molecular flexibility index (Phi) is 10.3. The number of amides is 2. The van der Waals surface area contributed by atoms with Crippen molar-refractivity contribution in [3.8, 4) is 5.69 Å². The van der Waals surface area contributed by atoms with E-state index in [0.29, 0.717) is 49.9 Å². The van der Waals surface area contributed by atoms with Crippen molar-refractivity contribution in [3.63, 3.8) is 0 Å². The molecule has 2 amide bonds. The minimum absolute atomic E-state index is 0.0324. The van der Waals surface area contributed by atoms with Crippen molar-refractivity contribution in [3.05, 3.63) is 113 Å². The molecule has 6 rings (SSSR count). The van der Waals surface area contributed by atoms with E-state index in [-0.39, 0.29) is 34.7 Å². The van der Waals surface area contributed by atoms with Gasteiger partial charge in [-0.2, -0.15) is 0 Å². The van der Waals surface area contributed by atoms with Gasteiger partial charge in [0.2, 0.25) is 11.6 Å². The molecule has 3 aromatic carbocycles. The molecule has 1 atom stereocenters. The van der Waals surface area contributed by atoms with E-state index in [1.165, 1.54) is 11.1 Å². The Balaban J connectivity index is 1.25. The highest BCUT2D eigenvalue weighted by atomic mass is 16.5. The molecule has 1 aliphatic heterocycles. The molecule has 13 nitrogen and oxygen atoms in total. The predicted octanol–water partition coefficient (Wildman–Crippen LogP) is 4.15. The highest BCUT2D eigenvalue weighted by molar-refractivity contribution is 6.08. The number of nitrogens with one attached hydrogen (secondary N) is 2.